The number of allylic oxidation sites excluding steroid dienone is 3. The summed E-state index contributed by atoms with van der Waals surface area (Å²) in [7, 11) is 0. The van der Waals surface area contributed by atoms with Crippen LogP contribution in [0.5, 0.6) is 0 Å². The summed E-state index contributed by atoms with van der Waals surface area (Å²) in [5.74, 6) is 0. The van der Waals surface area contributed by atoms with Crippen LogP contribution in [0.1, 0.15) is 58.8 Å². The van der Waals surface area contributed by atoms with Crippen molar-refractivity contribution in [2.45, 2.75) is 64.8 Å². The highest BCUT2D eigenvalue weighted by Crippen LogP contribution is 2.07. The van der Waals surface area contributed by atoms with Crippen LogP contribution < -0.4 is 5.73 Å². The van der Waals surface area contributed by atoms with Crippen LogP contribution in [0.4, 0.5) is 0 Å². The van der Waals surface area contributed by atoms with E-state index in [9.17, 15) is 0 Å². The van der Waals surface area contributed by atoms with E-state index in [-0.39, 0.29) is 6.04 Å². The van der Waals surface area contributed by atoms with Crippen LogP contribution in [-0.2, 0) is 0 Å². The molecule has 0 radical (unpaired) electrons. The summed E-state index contributed by atoms with van der Waals surface area (Å²) >= 11 is 0. The molecule has 0 fully saturated rings. The third-order valence-corrected chi connectivity index (χ3v) is 2.39. The maximum absolute atomic E-state index is 5.58. The molecule has 0 aromatic carbocycles. The average molecular weight is 209 g/mol. The molecule has 0 aromatic rings. The smallest absolute Gasteiger partial charge is 0.0197 e. The third-order valence-electron chi connectivity index (χ3n) is 2.39. The van der Waals surface area contributed by atoms with Crippen molar-refractivity contribution in [2.24, 2.45) is 5.73 Å². The maximum Gasteiger partial charge on any atom is 0.0197 e. The summed E-state index contributed by atoms with van der Waals surface area (Å²) < 4.78 is 0. The van der Waals surface area contributed by atoms with Gasteiger partial charge in [-0.25, -0.2) is 0 Å². The third kappa shape index (κ3) is 13.4. The Morgan fingerprint density at radius 1 is 1.00 bits per heavy atom. The van der Waals surface area contributed by atoms with Crippen LogP contribution in [0.25, 0.3) is 0 Å². The Morgan fingerprint density at radius 2 is 1.67 bits per heavy atom. The van der Waals surface area contributed by atoms with Crippen LogP contribution in [0, 0.1) is 0 Å². The first-order chi connectivity index (χ1) is 7.27. The van der Waals surface area contributed by atoms with E-state index in [1.165, 1.54) is 44.9 Å². The van der Waals surface area contributed by atoms with Gasteiger partial charge in [-0.2, -0.15) is 0 Å². The molecule has 2 N–H and O–H groups in total. The molecule has 0 aromatic heterocycles. The van der Waals surface area contributed by atoms with Gasteiger partial charge in [0.2, 0.25) is 0 Å². The summed E-state index contributed by atoms with van der Waals surface area (Å²) in [5, 5.41) is 0. The van der Waals surface area contributed by atoms with Crippen LogP contribution in [0.15, 0.2) is 24.3 Å². The van der Waals surface area contributed by atoms with E-state index in [0.29, 0.717) is 0 Å². The lowest BCUT2D eigenvalue weighted by Gasteiger charge is -1.97. The van der Waals surface area contributed by atoms with Gasteiger partial charge >= 0.3 is 0 Å². The second-order valence-electron chi connectivity index (χ2n) is 4.23. The van der Waals surface area contributed by atoms with Gasteiger partial charge in [0.05, 0.1) is 0 Å². The van der Waals surface area contributed by atoms with E-state index in [2.05, 4.69) is 19.1 Å². The molecule has 1 nitrogen and oxygen atoms in total. The zero-order valence-corrected chi connectivity index (χ0v) is 10.4. The fourth-order valence-corrected chi connectivity index (χ4v) is 1.46. The maximum atomic E-state index is 5.58. The monoisotopic (exact) mass is 209 g/mol. The molecule has 0 aliphatic carbocycles. The number of hydrogen-bond acceptors (Lipinski definition) is 1. The molecule has 15 heavy (non-hydrogen) atoms. The van der Waals surface area contributed by atoms with Crippen molar-refractivity contribution in [1.29, 1.82) is 0 Å². The molecule has 0 heterocycles. The van der Waals surface area contributed by atoms with Crippen LogP contribution >= 0.6 is 0 Å². The second kappa shape index (κ2) is 11.5. The topological polar surface area (TPSA) is 26.0 Å². The predicted octanol–water partition coefficient (Wildman–Crippen LogP) is 4.20. The van der Waals surface area contributed by atoms with Crippen LogP contribution in [0.2, 0.25) is 0 Å². The van der Waals surface area contributed by atoms with Gasteiger partial charge in [0.25, 0.3) is 0 Å². The summed E-state index contributed by atoms with van der Waals surface area (Å²) in [5.41, 5.74) is 5.58. The number of nitrogens with two attached hydrogens (primary N) is 1. The highest BCUT2D eigenvalue weighted by atomic mass is 14.6. The molecule has 0 aliphatic heterocycles. The van der Waals surface area contributed by atoms with E-state index in [0.717, 1.165) is 0 Å². The zero-order valence-electron chi connectivity index (χ0n) is 10.4. The number of unbranched alkanes of at least 4 members (excludes halogenated alkanes) is 6. The molecule has 0 amide bonds. The highest BCUT2D eigenvalue weighted by molar-refractivity contribution is 5.04. The molecule has 0 saturated heterocycles. The summed E-state index contributed by atoms with van der Waals surface area (Å²) in [6, 6.07) is 0.170. The van der Waals surface area contributed by atoms with E-state index in [1.807, 2.05) is 19.1 Å². The van der Waals surface area contributed by atoms with Crippen LogP contribution in [-0.4, -0.2) is 6.04 Å². The van der Waals surface area contributed by atoms with Gasteiger partial charge < -0.3 is 5.73 Å². The fourth-order valence-electron chi connectivity index (χ4n) is 1.46. The Kier molecular flexibility index (Phi) is 11.1. The van der Waals surface area contributed by atoms with Crippen LogP contribution in [0.3, 0.4) is 0 Å². The molecule has 1 heteroatoms. The van der Waals surface area contributed by atoms with Gasteiger partial charge in [-0.1, -0.05) is 63.3 Å². The van der Waals surface area contributed by atoms with Gasteiger partial charge in [0.1, 0.15) is 0 Å². The van der Waals surface area contributed by atoms with Crippen molar-refractivity contribution in [3.05, 3.63) is 24.3 Å². The predicted molar refractivity (Wildman–Crippen MR) is 69.9 cm³/mol. The van der Waals surface area contributed by atoms with Gasteiger partial charge in [-0.3, -0.25) is 0 Å². The average Bonchev–Trinajstić information content (AvgIpc) is 2.20. The number of rotatable bonds is 9. The zero-order chi connectivity index (χ0) is 11.4. The van der Waals surface area contributed by atoms with E-state index >= 15 is 0 Å². The lowest BCUT2D eigenvalue weighted by molar-refractivity contribution is 0.611. The molecule has 0 bridgehead atoms. The first kappa shape index (κ1) is 14.4. The lowest BCUT2D eigenvalue weighted by atomic mass is 10.1. The molecule has 1 atom stereocenters. The van der Waals surface area contributed by atoms with Crippen molar-refractivity contribution < 1.29 is 0 Å². The Bertz CT molecular complexity index is 168. The minimum Gasteiger partial charge on any atom is -0.325 e. The molecule has 0 aliphatic rings. The van der Waals surface area contributed by atoms with Crippen molar-refractivity contribution in [2.75, 3.05) is 0 Å². The van der Waals surface area contributed by atoms with Gasteiger partial charge in [0, 0.05) is 6.04 Å². The van der Waals surface area contributed by atoms with E-state index < -0.39 is 0 Å². The molecule has 0 unspecified atom stereocenters. The van der Waals surface area contributed by atoms with E-state index in [4.69, 9.17) is 5.73 Å². The molecule has 0 saturated carbocycles. The molecule has 0 rings (SSSR count). The normalized spacial score (nSPS) is 14.1. The summed E-state index contributed by atoms with van der Waals surface area (Å²) in [6.45, 7) is 4.24. The first-order valence-electron chi connectivity index (χ1n) is 6.36. The second-order valence-corrected chi connectivity index (χ2v) is 4.23. The first-order valence-corrected chi connectivity index (χ1v) is 6.36. The minimum absolute atomic E-state index is 0.170. The van der Waals surface area contributed by atoms with Gasteiger partial charge in [-0.05, 0) is 19.8 Å². The SMILES string of the molecule is CCCCCCCC/C=C\C=C\[C@H](C)N. The van der Waals surface area contributed by atoms with Gasteiger partial charge in [0.15, 0.2) is 0 Å². The molecule has 0 spiro atoms. The largest absolute Gasteiger partial charge is 0.325 e. The minimum atomic E-state index is 0.170. The Labute approximate surface area is 95.4 Å². The Hall–Kier alpha value is -0.560. The molecule has 88 valence electrons. The molecular weight excluding hydrogens is 182 g/mol. The highest BCUT2D eigenvalue weighted by Gasteiger charge is 1.87. The summed E-state index contributed by atoms with van der Waals surface area (Å²) in [6.07, 6.45) is 17.8. The lowest BCUT2D eigenvalue weighted by Crippen LogP contribution is -2.09. The van der Waals surface area contributed by atoms with Crippen molar-refractivity contribution in [3.8, 4) is 0 Å². The van der Waals surface area contributed by atoms with Gasteiger partial charge in [-0.15, -0.1) is 0 Å². The number of hydrogen-bond donors (Lipinski definition) is 1. The summed E-state index contributed by atoms with van der Waals surface area (Å²) in [4.78, 5) is 0. The van der Waals surface area contributed by atoms with Crippen molar-refractivity contribution >= 4 is 0 Å². The Morgan fingerprint density at radius 3 is 2.33 bits per heavy atom. The Balaban J connectivity index is 3.16. The van der Waals surface area contributed by atoms with E-state index in [1.54, 1.807) is 0 Å². The van der Waals surface area contributed by atoms with Crippen molar-refractivity contribution in [3.63, 3.8) is 0 Å². The standard InChI is InChI=1S/C14H27N/c1-3-4-5-6-7-8-9-10-11-12-13-14(2)15/h10-14H,3-9,15H2,1-2H3/b11-10-,13-12+/t14-/m0/s1. The molecular formula is C14H27N. The fraction of sp³-hybridized carbons (Fsp3) is 0.714. The quantitative estimate of drug-likeness (QED) is 0.447. The van der Waals surface area contributed by atoms with Crippen molar-refractivity contribution in [1.82, 2.24) is 0 Å².